The van der Waals surface area contributed by atoms with Crippen molar-refractivity contribution in [1.82, 2.24) is 14.3 Å². The van der Waals surface area contributed by atoms with Crippen molar-refractivity contribution in [2.45, 2.75) is 36.2 Å². The van der Waals surface area contributed by atoms with Crippen molar-refractivity contribution in [1.29, 1.82) is 0 Å². The van der Waals surface area contributed by atoms with Gasteiger partial charge in [-0.2, -0.15) is 4.98 Å². The SMILES string of the molecule is Nc1nc(=O)n([C@H]2CC[C@H](NS(=O)(=O)c3cccc(-c4ccccc4Cl)c3)C2)cc1F. The highest BCUT2D eigenvalue weighted by Gasteiger charge is 2.31. The molecule has 162 valence electrons. The molecule has 2 aromatic carbocycles. The molecule has 2 atom stereocenters. The van der Waals surface area contributed by atoms with Gasteiger partial charge in [0, 0.05) is 28.9 Å². The Labute approximate surface area is 183 Å². The van der Waals surface area contributed by atoms with E-state index in [9.17, 15) is 17.6 Å². The molecular formula is C21H20ClFN4O3S. The molecule has 0 radical (unpaired) electrons. The Hall–Kier alpha value is -2.75. The van der Waals surface area contributed by atoms with Crippen LogP contribution >= 0.6 is 11.6 Å². The molecule has 0 bridgehead atoms. The minimum Gasteiger partial charge on any atom is -0.381 e. The number of aromatic nitrogens is 2. The van der Waals surface area contributed by atoms with Gasteiger partial charge in [-0.15, -0.1) is 0 Å². The third-order valence-corrected chi connectivity index (χ3v) is 7.23. The predicted molar refractivity (Wildman–Crippen MR) is 117 cm³/mol. The lowest BCUT2D eigenvalue weighted by molar-refractivity contribution is 0.461. The molecule has 0 spiro atoms. The van der Waals surface area contributed by atoms with Gasteiger partial charge < -0.3 is 5.73 Å². The van der Waals surface area contributed by atoms with Crippen LogP contribution in [0, 0.1) is 5.82 Å². The number of benzene rings is 2. The summed E-state index contributed by atoms with van der Waals surface area (Å²) in [6, 6.07) is 13.0. The first-order valence-corrected chi connectivity index (χ1v) is 11.5. The molecule has 1 heterocycles. The summed E-state index contributed by atoms with van der Waals surface area (Å²) in [5.41, 5.74) is 6.10. The van der Waals surface area contributed by atoms with Crippen molar-refractivity contribution in [2.24, 2.45) is 0 Å². The molecule has 3 N–H and O–H groups in total. The molecule has 7 nitrogen and oxygen atoms in total. The van der Waals surface area contributed by atoms with Gasteiger partial charge >= 0.3 is 5.69 Å². The summed E-state index contributed by atoms with van der Waals surface area (Å²) in [5.74, 6) is -1.23. The van der Waals surface area contributed by atoms with Crippen molar-refractivity contribution < 1.29 is 12.8 Å². The van der Waals surface area contributed by atoms with Crippen molar-refractivity contribution >= 4 is 27.4 Å². The molecular weight excluding hydrogens is 443 g/mol. The lowest BCUT2D eigenvalue weighted by Crippen LogP contribution is -2.34. The van der Waals surface area contributed by atoms with E-state index in [1.807, 2.05) is 12.1 Å². The third-order valence-electron chi connectivity index (χ3n) is 5.38. The quantitative estimate of drug-likeness (QED) is 0.604. The van der Waals surface area contributed by atoms with Gasteiger partial charge in [0.2, 0.25) is 10.0 Å². The zero-order valence-electron chi connectivity index (χ0n) is 16.3. The first kappa shape index (κ1) is 21.5. The van der Waals surface area contributed by atoms with Gasteiger partial charge in [0.1, 0.15) is 0 Å². The molecule has 1 fully saturated rings. The van der Waals surface area contributed by atoms with Gasteiger partial charge in [-0.3, -0.25) is 4.57 Å². The van der Waals surface area contributed by atoms with E-state index in [0.29, 0.717) is 29.8 Å². The predicted octanol–water partition coefficient (Wildman–Crippen LogP) is 3.36. The smallest absolute Gasteiger partial charge is 0.349 e. The summed E-state index contributed by atoms with van der Waals surface area (Å²) < 4.78 is 43.5. The number of anilines is 1. The summed E-state index contributed by atoms with van der Waals surface area (Å²) in [5, 5.41) is 0.526. The zero-order valence-corrected chi connectivity index (χ0v) is 17.9. The van der Waals surface area contributed by atoms with Crippen LogP contribution in [-0.2, 0) is 10.0 Å². The summed E-state index contributed by atoms with van der Waals surface area (Å²) in [6.45, 7) is 0. The van der Waals surface area contributed by atoms with Gasteiger partial charge in [0.05, 0.1) is 4.90 Å². The number of nitrogens with one attached hydrogen (secondary N) is 1. The second kappa shape index (κ2) is 8.41. The van der Waals surface area contributed by atoms with Crippen LogP contribution in [0.15, 0.2) is 64.4 Å². The average molecular weight is 463 g/mol. The molecule has 0 amide bonds. The maximum atomic E-state index is 13.7. The minimum absolute atomic E-state index is 0.116. The van der Waals surface area contributed by atoms with E-state index in [0.717, 1.165) is 11.8 Å². The number of nitrogen functional groups attached to an aromatic ring is 1. The molecule has 1 aromatic heterocycles. The molecule has 0 unspecified atom stereocenters. The molecule has 1 saturated carbocycles. The highest BCUT2D eigenvalue weighted by molar-refractivity contribution is 7.89. The highest BCUT2D eigenvalue weighted by Crippen LogP contribution is 2.32. The number of hydrogen-bond donors (Lipinski definition) is 2. The Kier molecular flexibility index (Phi) is 5.83. The van der Waals surface area contributed by atoms with Crippen LogP contribution in [0.2, 0.25) is 5.02 Å². The van der Waals surface area contributed by atoms with Crippen molar-refractivity contribution in [3.05, 3.63) is 76.1 Å². The van der Waals surface area contributed by atoms with Crippen LogP contribution in [0.5, 0.6) is 0 Å². The fraction of sp³-hybridized carbons (Fsp3) is 0.238. The number of halogens is 2. The molecule has 0 aliphatic heterocycles. The van der Waals surface area contributed by atoms with E-state index in [2.05, 4.69) is 9.71 Å². The Morgan fingerprint density at radius 1 is 1.16 bits per heavy atom. The first-order chi connectivity index (χ1) is 14.7. The summed E-state index contributed by atoms with van der Waals surface area (Å²) in [4.78, 5) is 15.6. The van der Waals surface area contributed by atoms with E-state index < -0.39 is 33.4 Å². The third kappa shape index (κ3) is 4.48. The van der Waals surface area contributed by atoms with Crippen LogP contribution in [0.4, 0.5) is 10.2 Å². The van der Waals surface area contributed by atoms with Crippen LogP contribution in [-0.4, -0.2) is 24.0 Å². The molecule has 4 rings (SSSR count). The van der Waals surface area contributed by atoms with Gasteiger partial charge in [0.25, 0.3) is 0 Å². The monoisotopic (exact) mass is 462 g/mol. The number of nitrogens with zero attached hydrogens (tertiary/aromatic N) is 2. The standard InChI is InChI=1S/C21H20ClFN4O3S/c22-18-7-2-1-6-17(18)13-4-3-5-16(10-13)31(29,30)26-14-8-9-15(11-14)27-12-19(23)20(24)25-21(27)28/h1-7,10,12,14-15,26H,8-9,11H2,(H2,24,25,28)/t14-,15-/m0/s1. The zero-order chi connectivity index (χ0) is 22.2. The molecule has 10 heteroatoms. The average Bonchev–Trinajstić information content (AvgIpc) is 3.18. The topological polar surface area (TPSA) is 107 Å². The first-order valence-electron chi connectivity index (χ1n) is 9.66. The van der Waals surface area contributed by atoms with E-state index in [-0.39, 0.29) is 10.9 Å². The molecule has 31 heavy (non-hydrogen) atoms. The van der Waals surface area contributed by atoms with Crippen LogP contribution in [0.1, 0.15) is 25.3 Å². The molecule has 0 saturated heterocycles. The van der Waals surface area contributed by atoms with Gasteiger partial charge in [-0.1, -0.05) is 41.9 Å². The summed E-state index contributed by atoms with van der Waals surface area (Å²) in [6.07, 6.45) is 2.39. The van der Waals surface area contributed by atoms with Crippen molar-refractivity contribution in [2.75, 3.05) is 5.73 Å². The fourth-order valence-corrected chi connectivity index (χ4v) is 5.42. The summed E-state index contributed by atoms with van der Waals surface area (Å²) >= 11 is 6.24. The Morgan fingerprint density at radius 3 is 2.71 bits per heavy atom. The van der Waals surface area contributed by atoms with E-state index in [1.54, 1.807) is 30.3 Å². The number of hydrogen-bond acceptors (Lipinski definition) is 5. The number of sulfonamides is 1. The van der Waals surface area contributed by atoms with Crippen molar-refractivity contribution in [3.63, 3.8) is 0 Å². The maximum absolute atomic E-state index is 13.7. The molecule has 3 aromatic rings. The van der Waals surface area contributed by atoms with E-state index in [1.165, 1.54) is 10.6 Å². The van der Waals surface area contributed by atoms with Gasteiger partial charge in [-0.05, 0) is 43.0 Å². The van der Waals surface area contributed by atoms with Crippen molar-refractivity contribution in [3.8, 4) is 11.1 Å². The minimum atomic E-state index is -3.81. The second-order valence-electron chi connectivity index (χ2n) is 7.46. The molecule has 1 aliphatic rings. The summed E-state index contributed by atoms with van der Waals surface area (Å²) in [7, 11) is -3.81. The van der Waals surface area contributed by atoms with Crippen LogP contribution < -0.4 is 16.1 Å². The molecule has 1 aliphatic carbocycles. The normalized spacial score (nSPS) is 18.9. The van der Waals surface area contributed by atoms with Gasteiger partial charge in [-0.25, -0.2) is 22.3 Å². The fourth-order valence-electron chi connectivity index (χ4n) is 3.85. The lowest BCUT2D eigenvalue weighted by Gasteiger charge is -2.16. The van der Waals surface area contributed by atoms with E-state index >= 15 is 0 Å². The maximum Gasteiger partial charge on any atom is 0.349 e. The van der Waals surface area contributed by atoms with E-state index in [4.69, 9.17) is 17.3 Å². The Bertz CT molecular complexity index is 1300. The Balaban J connectivity index is 1.53. The van der Waals surface area contributed by atoms with Crippen LogP contribution in [0.3, 0.4) is 0 Å². The number of rotatable bonds is 5. The van der Waals surface area contributed by atoms with Gasteiger partial charge in [0.15, 0.2) is 11.6 Å². The second-order valence-corrected chi connectivity index (χ2v) is 9.58. The Morgan fingerprint density at radius 2 is 1.94 bits per heavy atom. The highest BCUT2D eigenvalue weighted by atomic mass is 35.5. The lowest BCUT2D eigenvalue weighted by atomic mass is 10.1. The van der Waals surface area contributed by atoms with Crippen LogP contribution in [0.25, 0.3) is 11.1 Å². The largest absolute Gasteiger partial charge is 0.381 e. The number of nitrogens with two attached hydrogens (primary N) is 1.